The number of hydrogen-bond donors (Lipinski definition) is 0. The Balaban J connectivity index is 2.29. The molecule has 2 rings (SSSR count). The van der Waals surface area contributed by atoms with E-state index in [0.29, 0.717) is 17.1 Å². The summed E-state index contributed by atoms with van der Waals surface area (Å²) in [5.74, 6) is 0.211. The maximum absolute atomic E-state index is 12.9. The number of carbonyl (C=O) groups is 1. The van der Waals surface area contributed by atoms with Crippen molar-refractivity contribution in [1.29, 1.82) is 5.26 Å². The van der Waals surface area contributed by atoms with E-state index in [1.807, 2.05) is 6.07 Å². The van der Waals surface area contributed by atoms with Gasteiger partial charge < -0.3 is 9.32 Å². The molecule has 0 saturated heterocycles. The lowest BCUT2D eigenvalue weighted by molar-refractivity contribution is -0.124. The van der Waals surface area contributed by atoms with E-state index in [1.54, 1.807) is 38.4 Å². The maximum atomic E-state index is 12.9. The predicted molar refractivity (Wildman–Crippen MR) is 76.4 cm³/mol. The summed E-state index contributed by atoms with van der Waals surface area (Å²) >= 11 is 0. The van der Waals surface area contributed by atoms with E-state index >= 15 is 0 Å². The lowest BCUT2D eigenvalue weighted by atomic mass is 10.2. The van der Waals surface area contributed by atoms with Crippen LogP contribution < -0.4 is 0 Å². The van der Waals surface area contributed by atoms with Crippen molar-refractivity contribution in [3.8, 4) is 17.4 Å². The van der Waals surface area contributed by atoms with Crippen molar-refractivity contribution in [2.45, 2.75) is 0 Å². The summed E-state index contributed by atoms with van der Waals surface area (Å²) in [6, 6.07) is 11.1. The molecule has 1 amide bonds. The van der Waals surface area contributed by atoms with Gasteiger partial charge in [0.2, 0.25) is 0 Å². The highest BCUT2D eigenvalue weighted by atomic mass is 19.1. The number of halogens is 1. The Kier molecular flexibility index (Phi) is 4.19. The van der Waals surface area contributed by atoms with Crippen molar-refractivity contribution < 1.29 is 13.6 Å². The largest absolute Gasteiger partial charge is 0.457 e. The van der Waals surface area contributed by atoms with Crippen LogP contribution in [0, 0.1) is 17.1 Å². The lowest BCUT2D eigenvalue weighted by Crippen LogP contribution is -2.22. The van der Waals surface area contributed by atoms with Crippen molar-refractivity contribution in [3.63, 3.8) is 0 Å². The second kappa shape index (κ2) is 6.06. The minimum atomic E-state index is -0.391. The molecule has 5 heteroatoms. The predicted octanol–water partition coefficient (Wildman–Crippen LogP) is 3.08. The fourth-order valence-electron chi connectivity index (χ4n) is 1.72. The summed E-state index contributed by atoms with van der Waals surface area (Å²) in [5.41, 5.74) is 0.702. The molecular weight excluding hydrogens is 271 g/mol. The normalized spacial score (nSPS) is 11.0. The van der Waals surface area contributed by atoms with Crippen LogP contribution in [0.15, 0.2) is 46.4 Å². The first kappa shape index (κ1) is 14.5. The molecule has 1 heterocycles. The molecule has 0 unspecified atom stereocenters. The second-order valence-corrected chi connectivity index (χ2v) is 4.58. The highest BCUT2D eigenvalue weighted by Crippen LogP contribution is 2.23. The van der Waals surface area contributed by atoms with Crippen LogP contribution in [-0.4, -0.2) is 24.9 Å². The minimum absolute atomic E-state index is 0.0139. The number of hydrogen-bond acceptors (Lipinski definition) is 3. The van der Waals surface area contributed by atoms with Gasteiger partial charge in [0.25, 0.3) is 5.91 Å². The molecule has 0 aliphatic carbocycles. The number of amides is 1. The third kappa shape index (κ3) is 3.37. The molecule has 0 aliphatic rings. The molecule has 1 aromatic heterocycles. The highest BCUT2D eigenvalue weighted by Gasteiger charge is 2.12. The molecular formula is C16H13FN2O2. The topological polar surface area (TPSA) is 57.2 Å². The van der Waals surface area contributed by atoms with Crippen molar-refractivity contribution in [2.24, 2.45) is 0 Å². The molecule has 0 bridgehead atoms. The number of benzene rings is 1. The molecule has 0 N–H and O–H groups in total. The molecule has 1 aromatic carbocycles. The van der Waals surface area contributed by atoms with Gasteiger partial charge in [-0.15, -0.1) is 0 Å². The van der Waals surface area contributed by atoms with E-state index in [0.717, 1.165) is 0 Å². The standard InChI is InChI=1S/C16H13FN2O2/c1-19(2)16(20)12(10-18)9-14-7-8-15(21-14)11-3-5-13(17)6-4-11/h3-9H,1-2H3/b12-9-. The summed E-state index contributed by atoms with van der Waals surface area (Å²) in [5, 5.41) is 9.01. The number of nitriles is 1. The third-order valence-corrected chi connectivity index (χ3v) is 2.80. The van der Waals surface area contributed by atoms with Crippen LogP contribution >= 0.6 is 0 Å². The van der Waals surface area contributed by atoms with E-state index < -0.39 is 5.91 Å². The Bertz CT molecular complexity index is 721. The molecule has 0 aliphatic heterocycles. The Labute approximate surface area is 121 Å². The van der Waals surface area contributed by atoms with Gasteiger partial charge in [0, 0.05) is 25.7 Å². The van der Waals surface area contributed by atoms with Gasteiger partial charge in [-0.25, -0.2) is 4.39 Å². The lowest BCUT2D eigenvalue weighted by Gasteiger charge is -2.07. The van der Waals surface area contributed by atoms with Crippen LogP contribution in [0.1, 0.15) is 5.76 Å². The van der Waals surface area contributed by atoms with Gasteiger partial charge in [-0.2, -0.15) is 5.26 Å². The van der Waals surface area contributed by atoms with Crippen LogP contribution in [0.4, 0.5) is 4.39 Å². The monoisotopic (exact) mass is 284 g/mol. The Hall–Kier alpha value is -2.87. The second-order valence-electron chi connectivity index (χ2n) is 4.58. The van der Waals surface area contributed by atoms with Crippen LogP contribution in [0.3, 0.4) is 0 Å². The molecule has 0 radical (unpaired) electrons. The van der Waals surface area contributed by atoms with Crippen LogP contribution in [-0.2, 0) is 4.79 Å². The quantitative estimate of drug-likeness (QED) is 0.643. The molecule has 0 atom stereocenters. The van der Waals surface area contributed by atoms with Gasteiger partial charge >= 0.3 is 0 Å². The summed E-state index contributed by atoms with van der Waals surface area (Å²) in [7, 11) is 3.14. The van der Waals surface area contributed by atoms with E-state index in [2.05, 4.69) is 0 Å². The fourth-order valence-corrected chi connectivity index (χ4v) is 1.72. The molecule has 21 heavy (non-hydrogen) atoms. The SMILES string of the molecule is CN(C)C(=O)/C(C#N)=C\c1ccc(-c2ccc(F)cc2)o1. The van der Waals surface area contributed by atoms with Crippen molar-refractivity contribution in [1.82, 2.24) is 4.90 Å². The summed E-state index contributed by atoms with van der Waals surface area (Å²) < 4.78 is 18.4. The van der Waals surface area contributed by atoms with E-state index in [9.17, 15) is 9.18 Å². The Morgan fingerprint density at radius 2 is 1.90 bits per heavy atom. The third-order valence-electron chi connectivity index (χ3n) is 2.80. The first-order valence-electron chi connectivity index (χ1n) is 6.20. The molecule has 0 saturated carbocycles. The van der Waals surface area contributed by atoms with Gasteiger partial charge in [0.1, 0.15) is 29.0 Å². The zero-order chi connectivity index (χ0) is 15.4. The van der Waals surface area contributed by atoms with Crippen LogP contribution in [0.2, 0.25) is 0 Å². The molecule has 0 spiro atoms. The minimum Gasteiger partial charge on any atom is -0.457 e. The van der Waals surface area contributed by atoms with Gasteiger partial charge in [0.15, 0.2) is 0 Å². The molecule has 106 valence electrons. The average molecular weight is 284 g/mol. The van der Waals surface area contributed by atoms with Crippen LogP contribution in [0.5, 0.6) is 0 Å². The fraction of sp³-hybridized carbons (Fsp3) is 0.125. The number of nitrogens with zero attached hydrogens (tertiary/aromatic N) is 2. The van der Waals surface area contributed by atoms with Crippen molar-refractivity contribution in [2.75, 3.05) is 14.1 Å². The highest BCUT2D eigenvalue weighted by molar-refractivity contribution is 6.01. The molecule has 2 aromatic rings. The summed E-state index contributed by atoms with van der Waals surface area (Å²) in [6.07, 6.45) is 1.38. The van der Waals surface area contributed by atoms with Gasteiger partial charge in [-0.05, 0) is 36.4 Å². The first-order valence-corrected chi connectivity index (χ1v) is 6.20. The maximum Gasteiger partial charge on any atom is 0.264 e. The van der Waals surface area contributed by atoms with Gasteiger partial charge in [-0.1, -0.05) is 0 Å². The van der Waals surface area contributed by atoms with Gasteiger partial charge in [-0.3, -0.25) is 4.79 Å². The summed E-state index contributed by atoms with van der Waals surface area (Å²) in [4.78, 5) is 13.1. The number of likely N-dealkylation sites (N-methyl/N-ethyl adjacent to an activating group) is 1. The molecule has 4 nitrogen and oxygen atoms in total. The summed E-state index contributed by atoms with van der Waals surface area (Å²) in [6.45, 7) is 0. The Morgan fingerprint density at radius 1 is 1.24 bits per heavy atom. The zero-order valence-corrected chi connectivity index (χ0v) is 11.6. The van der Waals surface area contributed by atoms with E-state index in [4.69, 9.17) is 9.68 Å². The molecule has 0 fully saturated rings. The zero-order valence-electron chi connectivity index (χ0n) is 11.6. The van der Waals surface area contributed by atoms with Crippen molar-refractivity contribution in [3.05, 3.63) is 53.5 Å². The van der Waals surface area contributed by atoms with E-state index in [-0.39, 0.29) is 11.4 Å². The van der Waals surface area contributed by atoms with Gasteiger partial charge in [0.05, 0.1) is 0 Å². The van der Waals surface area contributed by atoms with Crippen LogP contribution in [0.25, 0.3) is 17.4 Å². The average Bonchev–Trinajstić information content (AvgIpc) is 2.93. The Morgan fingerprint density at radius 3 is 2.48 bits per heavy atom. The number of furan rings is 1. The smallest absolute Gasteiger partial charge is 0.264 e. The van der Waals surface area contributed by atoms with E-state index in [1.165, 1.54) is 23.1 Å². The van der Waals surface area contributed by atoms with Crippen molar-refractivity contribution >= 4 is 12.0 Å². The first-order chi connectivity index (χ1) is 10.0. The number of carbonyl (C=O) groups excluding carboxylic acids is 1. The number of rotatable bonds is 3.